The predicted octanol–water partition coefficient (Wildman–Crippen LogP) is 2.40. The smallest absolute Gasteiger partial charge is 0.261 e. The number of nitrogens with zero attached hydrogens (tertiary/aromatic N) is 3. The third-order valence-electron chi connectivity index (χ3n) is 5.81. The highest BCUT2D eigenvalue weighted by Crippen LogP contribution is 2.43. The van der Waals surface area contributed by atoms with Crippen LogP contribution < -0.4 is 10.5 Å². The fourth-order valence-electron chi connectivity index (χ4n) is 4.11. The summed E-state index contributed by atoms with van der Waals surface area (Å²) in [7, 11) is 1.65. The molecule has 1 amide bonds. The number of hydrogen-bond donors (Lipinski definition) is 2. The van der Waals surface area contributed by atoms with E-state index in [1.54, 1.807) is 13.2 Å². The molecule has 5 rings (SSSR count). The van der Waals surface area contributed by atoms with E-state index in [2.05, 4.69) is 15.2 Å². The van der Waals surface area contributed by atoms with Gasteiger partial charge in [-0.2, -0.15) is 5.10 Å². The van der Waals surface area contributed by atoms with Gasteiger partial charge < -0.3 is 15.2 Å². The van der Waals surface area contributed by atoms with Crippen molar-refractivity contribution >= 4 is 22.8 Å². The van der Waals surface area contributed by atoms with Crippen LogP contribution in [-0.4, -0.2) is 53.8 Å². The number of aromatic amines is 1. The Bertz CT molecular complexity index is 1150. The third kappa shape index (κ3) is 2.91. The van der Waals surface area contributed by atoms with E-state index >= 15 is 0 Å². The molecule has 1 spiro atoms. The van der Waals surface area contributed by atoms with Gasteiger partial charge in [-0.15, -0.1) is 0 Å². The van der Waals surface area contributed by atoms with Crippen LogP contribution in [0.2, 0.25) is 0 Å². The number of carbonyl (C=O) groups excluding carboxylic acids is 1. The van der Waals surface area contributed by atoms with Crippen molar-refractivity contribution in [3.63, 3.8) is 0 Å². The minimum atomic E-state index is -1.15. The second-order valence-corrected chi connectivity index (χ2v) is 7.64. The van der Waals surface area contributed by atoms with E-state index in [0.29, 0.717) is 37.6 Å². The van der Waals surface area contributed by atoms with Crippen molar-refractivity contribution in [2.45, 2.75) is 18.4 Å². The maximum atomic E-state index is 13.3. The molecule has 2 aliphatic heterocycles. The van der Waals surface area contributed by atoms with Crippen molar-refractivity contribution < 1.29 is 14.3 Å². The van der Waals surface area contributed by atoms with E-state index < -0.39 is 5.54 Å². The van der Waals surface area contributed by atoms with Gasteiger partial charge in [-0.3, -0.25) is 14.8 Å². The van der Waals surface area contributed by atoms with Gasteiger partial charge in [0.05, 0.1) is 18.3 Å². The second-order valence-electron chi connectivity index (χ2n) is 7.64. The number of amides is 1. The van der Waals surface area contributed by atoms with Crippen molar-refractivity contribution in [2.24, 2.45) is 10.7 Å². The number of nitrogens with two attached hydrogens (primary N) is 1. The van der Waals surface area contributed by atoms with Gasteiger partial charge >= 0.3 is 0 Å². The van der Waals surface area contributed by atoms with Crippen LogP contribution >= 0.6 is 0 Å². The number of aromatic nitrogens is 2. The Balaban J connectivity index is 1.68. The third-order valence-corrected chi connectivity index (χ3v) is 5.81. The molecule has 0 saturated heterocycles. The molecular formula is C22H23N5O3. The summed E-state index contributed by atoms with van der Waals surface area (Å²) in [6.45, 7) is 1.50. The summed E-state index contributed by atoms with van der Waals surface area (Å²) >= 11 is 0. The number of guanidine groups is 1. The number of H-pyrrole nitrogens is 1. The van der Waals surface area contributed by atoms with Gasteiger partial charge in [0, 0.05) is 44.1 Å². The van der Waals surface area contributed by atoms with Crippen molar-refractivity contribution in [3.05, 3.63) is 48.2 Å². The molecule has 0 saturated carbocycles. The molecule has 0 radical (unpaired) electrons. The number of aliphatic imine (C=N–C) groups is 1. The Morgan fingerprint density at radius 3 is 2.80 bits per heavy atom. The number of ether oxygens (including phenoxy) is 2. The van der Waals surface area contributed by atoms with Gasteiger partial charge in [0.2, 0.25) is 0 Å². The highest BCUT2D eigenvalue weighted by atomic mass is 16.5. The van der Waals surface area contributed by atoms with Crippen molar-refractivity contribution in [3.8, 4) is 16.9 Å². The highest BCUT2D eigenvalue weighted by Gasteiger charge is 2.49. The molecule has 8 heteroatoms. The number of carbonyl (C=O) groups is 1. The zero-order chi connectivity index (χ0) is 20.7. The summed E-state index contributed by atoms with van der Waals surface area (Å²) in [6.07, 6.45) is 2.97. The molecule has 0 bridgehead atoms. The maximum Gasteiger partial charge on any atom is 0.261 e. The van der Waals surface area contributed by atoms with Crippen molar-refractivity contribution in [1.29, 1.82) is 0 Å². The molecule has 3 N–H and O–H groups in total. The Hall–Kier alpha value is -3.39. The second kappa shape index (κ2) is 7.14. The predicted molar refractivity (Wildman–Crippen MR) is 113 cm³/mol. The zero-order valence-corrected chi connectivity index (χ0v) is 16.7. The van der Waals surface area contributed by atoms with Gasteiger partial charge in [0.15, 0.2) is 11.5 Å². The molecule has 30 heavy (non-hydrogen) atoms. The lowest BCUT2D eigenvalue weighted by atomic mass is 9.84. The lowest BCUT2D eigenvalue weighted by Gasteiger charge is -2.29. The standard InChI is InChI=1S/C22H23N5O3/c1-27-20(28)22(25-21(27)23)7-10-29-8-2-9-30-19-6-5-14(11-17(19)22)15-3-4-16-13-24-26-18(16)12-15/h3-6,11-13H,2,7-10H2,1H3,(H2,23,25)(H,24,26). The van der Waals surface area contributed by atoms with Crippen LogP contribution in [0.4, 0.5) is 0 Å². The largest absolute Gasteiger partial charge is 0.493 e. The quantitative estimate of drug-likeness (QED) is 0.647. The van der Waals surface area contributed by atoms with Crippen molar-refractivity contribution in [1.82, 2.24) is 15.1 Å². The molecule has 1 unspecified atom stereocenters. The van der Waals surface area contributed by atoms with Crippen LogP contribution in [-0.2, 0) is 15.1 Å². The lowest BCUT2D eigenvalue weighted by Crippen LogP contribution is -2.41. The number of benzene rings is 2. The van der Waals surface area contributed by atoms with Crippen LogP contribution in [0.3, 0.4) is 0 Å². The normalized spacial score (nSPS) is 22.1. The zero-order valence-electron chi connectivity index (χ0n) is 16.7. The van der Waals surface area contributed by atoms with Crippen LogP contribution in [0.15, 0.2) is 47.6 Å². The molecule has 2 aromatic carbocycles. The fourth-order valence-corrected chi connectivity index (χ4v) is 4.11. The molecule has 1 atom stereocenters. The van der Waals surface area contributed by atoms with Gasteiger partial charge in [0.1, 0.15) is 5.75 Å². The van der Waals surface area contributed by atoms with Gasteiger partial charge in [0.25, 0.3) is 5.91 Å². The fraction of sp³-hybridized carbons (Fsp3) is 0.318. The molecule has 3 aromatic rings. The summed E-state index contributed by atoms with van der Waals surface area (Å²) in [5.41, 5.74) is 8.53. The number of hydrogen-bond acceptors (Lipinski definition) is 6. The van der Waals surface area contributed by atoms with Crippen molar-refractivity contribution in [2.75, 3.05) is 26.9 Å². The molecule has 3 heterocycles. The Morgan fingerprint density at radius 1 is 1.13 bits per heavy atom. The van der Waals surface area contributed by atoms with Crippen LogP contribution in [0.5, 0.6) is 5.75 Å². The Morgan fingerprint density at radius 2 is 1.97 bits per heavy atom. The number of nitrogens with one attached hydrogen (secondary N) is 1. The maximum absolute atomic E-state index is 13.3. The minimum absolute atomic E-state index is 0.171. The topological polar surface area (TPSA) is 106 Å². The molecule has 0 aliphatic carbocycles. The monoisotopic (exact) mass is 405 g/mol. The van der Waals surface area contributed by atoms with E-state index in [9.17, 15) is 4.79 Å². The van der Waals surface area contributed by atoms with E-state index in [-0.39, 0.29) is 11.9 Å². The van der Waals surface area contributed by atoms with Crippen LogP contribution in [0.1, 0.15) is 18.4 Å². The summed E-state index contributed by atoms with van der Waals surface area (Å²) in [6, 6.07) is 12.0. The SMILES string of the molecule is CN1C(=O)C2(CCOCCCOc3ccc(-c4ccc5cn[nH]c5c4)cc32)N=C1N. The first-order valence-corrected chi connectivity index (χ1v) is 10.0. The summed E-state index contributed by atoms with van der Waals surface area (Å²) < 4.78 is 11.8. The summed E-state index contributed by atoms with van der Waals surface area (Å²) in [5.74, 6) is 0.686. The van der Waals surface area contributed by atoms with Gasteiger partial charge in [-0.1, -0.05) is 18.2 Å². The molecule has 8 nitrogen and oxygen atoms in total. The molecule has 0 fully saturated rings. The highest BCUT2D eigenvalue weighted by molar-refractivity contribution is 6.07. The summed E-state index contributed by atoms with van der Waals surface area (Å²) in [4.78, 5) is 19.3. The minimum Gasteiger partial charge on any atom is -0.493 e. The van der Waals surface area contributed by atoms with E-state index in [4.69, 9.17) is 15.2 Å². The Kier molecular flexibility index (Phi) is 4.43. The molecular weight excluding hydrogens is 382 g/mol. The van der Waals surface area contributed by atoms with E-state index in [1.165, 1.54) is 4.90 Å². The first-order chi connectivity index (χ1) is 14.6. The molecule has 1 aromatic heterocycles. The van der Waals surface area contributed by atoms with E-state index in [1.807, 2.05) is 36.4 Å². The van der Waals surface area contributed by atoms with Gasteiger partial charge in [-0.05, 0) is 29.3 Å². The van der Waals surface area contributed by atoms with Crippen LogP contribution in [0.25, 0.3) is 22.0 Å². The number of likely N-dealkylation sites (N-methyl/N-ethyl adjacent to an activating group) is 1. The Labute approximate surface area is 173 Å². The number of rotatable bonds is 1. The lowest BCUT2D eigenvalue weighted by molar-refractivity contribution is -0.131. The van der Waals surface area contributed by atoms with E-state index in [0.717, 1.165) is 28.5 Å². The van der Waals surface area contributed by atoms with Crippen LogP contribution in [0, 0.1) is 0 Å². The number of fused-ring (bicyclic) bond motifs is 3. The molecule has 2 aliphatic rings. The first-order valence-electron chi connectivity index (χ1n) is 10.0. The molecule has 154 valence electrons. The average molecular weight is 405 g/mol. The van der Waals surface area contributed by atoms with Gasteiger partial charge in [-0.25, -0.2) is 4.99 Å². The first kappa shape index (κ1) is 18.6. The summed E-state index contributed by atoms with van der Waals surface area (Å²) in [5, 5.41) is 8.14. The average Bonchev–Trinajstić information content (AvgIpc) is 3.32.